The van der Waals surface area contributed by atoms with E-state index in [4.69, 9.17) is 8.85 Å². The van der Waals surface area contributed by atoms with E-state index in [-0.39, 0.29) is 0 Å². The van der Waals surface area contributed by atoms with E-state index >= 15 is 0 Å². The van der Waals surface area contributed by atoms with Gasteiger partial charge < -0.3 is 18.4 Å². The van der Waals surface area contributed by atoms with Gasteiger partial charge in [0.15, 0.2) is 0 Å². The molecule has 0 fully saturated rings. The quantitative estimate of drug-likeness (QED) is 0.607. The van der Waals surface area contributed by atoms with Crippen molar-refractivity contribution < 1.29 is 18.4 Å². The molecule has 0 aromatic heterocycles. The van der Waals surface area contributed by atoms with E-state index in [1.54, 1.807) is 13.1 Å². The highest BCUT2D eigenvalue weighted by molar-refractivity contribution is 6.78. The van der Waals surface area contributed by atoms with Gasteiger partial charge in [-0.05, 0) is 65.5 Å². The van der Waals surface area contributed by atoms with Crippen molar-refractivity contribution in [3.05, 3.63) is 0 Å². The molecular formula is C15H38O4Si3. The van der Waals surface area contributed by atoms with Crippen molar-refractivity contribution in [2.75, 3.05) is 0 Å². The maximum Gasteiger partial charge on any atom is 0.329 e. The molecule has 0 radical (unpaired) electrons. The third-order valence-corrected chi connectivity index (χ3v) is 13.4. The van der Waals surface area contributed by atoms with Gasteiger partial charge in [0.25, 0.3) is 0 Å². The van der Waals surface area contributed by atoms with Crippen molar-refractivity contribution in [1.82, 2.24) is 0 Å². The molecule has 22 heavy (non-hydrogen) atoms. The molecule has 0 aliphatic carbocycles. The Hall–Kier alpha value is 0.491. The fourth-order valence-corrected chi connectivity index (χ4v) is 11.9. The van der Waals surface area contributed by atoms with Gasteiger partial charge in [-0.2, -0.15) is 0 Å². The molecule has 0 saturated carbocycles. The summed E-state index contributed by atoms with van der Waals surface area (Å²) in [5.74, 6) is 0. The van der Waals surface area contributed by atoms with Crippen molar-refractivity contribution >= 4 is 25.2 Å². The smallest absolute Gasteiger partial charge is 0.329 e. The minimum absolute atomic E-state index is 0.423. The summed E-state index contributed by atoms with van der Waals surface area (Å²) in [6.45, 7) is 20.1. The monoisotopic (exact) mass is 366 g/mol. The zero-order chi connectivity index (χ0) is 18.0. The van der Waals surface area contributed by atoms with Gasteiger partial charge in [0.2, 0.25) is 16.6 Å². The number of hydrogen-bond donors (Lipinski definition) is 2. The zero-order valence-corrected chi connectivity index (χ0v) is 19.3. The van der Waals surface area contributed by atoms with E-state index in [0.717, 1.165) is 19.3 Å². The molecule has 0 spiro atoms. The van der Waals surface area contributed by atoms with Crippen LogP contribution in [0, 0.1) is 0 Å². The highest BCUT2D eigenvalue weighted by Crippen LogP contribution is 2.40. The minimum atomic E-state index is -2.67. The standard InChI is InChI=1S/C15H38O4Si3/c1-11-14(4,20(5,6)16)18-21(7,8)15(12-2,13-3)19-22(9,10)17/h16-17H,11-13H2,1-10H3/t14-/m1/s1. The van der Waals surface area contributed by atoms with Crippen molar-refractivity contribution in [3.8, 4) is 0 Å². The van der Waals surface area contributed by atoms with Crippen molar-refractivity contribution in [2.45, 2.75) is 96.7 Å². The molecule has 2 N–H and O–H groups in total. The van der Waals surface area contributed by atoms with Crippen LogP contribution in [0.1, 0.15) is 47.0 Å². The van der Waals surface area contributed by atoms with Crippen LogP contribution in [0.5, 0.6) is 0 Å². The van der Waals surface area contributed by atoms with Gasteiger partial charge in [-0.3, -0.25) is 0 Å². The van der Waals surface area contributed by atoms with Crippen LogP contribution in [0.25, 0.3) is 0 Å². The first-order valence-electron chi connectivity index (χ1n) is 8.45. The molecule has 0 heterocycles. The van der Waals surface area contributed by atoms with Gasteiger partial charge in [0.05, 0.1) is 10.4 Å². The maximum absolute atomic E-state index is 10.7. The van der Waals surface area contributed by atoms with E-state index in [0.29, 0.717) is 0 Å². The molecule has 0 aliphatic heterocycles. The molecule has 1 atom stereocenters. The normalized spacial score (nSPS) is 17.5. The Kier molecular flexibility index (Phi) is 7.32. The second-order valence-corrected chi connectivity index (χ2v) is 19.4. The Bertz CT molecular complexity index is 357. The van der Waals surface area contributed by atoms with Gasteiger partial charge in [0, 0.05) is 0 Å². The van der Waals surface area contributed by atoms with E-state index < -0.39 is 35.6 Å². The molecule has 0 aliphatic rings. The summed E-state index contributed by atoms with van der Waals surface area (Å²) in [5.41, 5.74) is 0. The van der Waals surface area contributed by atoms with Gasteiger partial charge in [0.1, 0.15) is 0 Å². The van der Waals surface area contributed by atoms with E-state index in [1.165, 1.54) is 0 Å². The third kappa shape index (κ3) is 4.99. The van der Waals surface area contributed by atoms with Gasteiger partial charge in [-0.1, -0.05) is 20.8 Å². The lowest BCUT2D eigenvalue weighted by molar-refractivity contribution is 0.0426. The summed E-state index contributed by atoms with van der Waals surface area (Å²) in [4.78, 5) is 21.0. The Morgan fingerprint density at radius 1 is 0.773 bits per heavy atom. The first-order valence-corrected chi connectivity index (χ1v) is 17.2. The second kappa shape index (κ2) is 7.16. The summed E-state index contributed by atoms with van der Waals surface area (Å²) >= 11 is 0. The SMILES string of the molecule is CCC(CC)(O[Si](C)(C)O)[Si](C)(C)O[C@@](C)(CC)[Si](C)(C)O. The van der Waals surface area contributed by atoms with Crippen LogP contribution in [0.3, 0.4) is 0 Å². The van der Waals surface area contributed by atoms with Crippen molar-refractivity contribution in [3.63, 3.8) is 0 Å². The fraction of sp³-hybridized carbons (Fsp3) is 1.00. The van der Waals surface area contributed by atoms with Crippen molar-refractivity contribution in [1.29, 1.82) is 0 Å². The Balaban J connectivity index is 5.73. The van der Waals surface area contributed by atoms with Crippen LogP contribution in [0.15, 0.2) is 0 Å². The molecule has 0 aromatic rings. The van der Waals surface area contributed by atoms with Crippen LogP contribution in [0.4, 0.5) is 0 Å². The molecular weight excluding hydrogens is 328 g/mol. The molecule has 0 amide bonds. The highest BCUT2D eigenvalue weighted by atomic mass is 28.4. The average Bonchev–Trinajstić information content (AvgIpc) is 2.32. The second-order valence-electron chi connectivity index (χ2n) is 8.01. The Morgan fingerprint density at radius 3 is 1.41 bits per heavy atom. The lowest BCUT2D eigenvalue weighted by Gasteiger charge is -2.52. The first-order chi connectivity index (χ1) is 9.60. The maximum atomic E-state index is 10.7. The van der Waals surface area contributed by atoms with Crippen LogP contribution >= 0.6 is 0 Å². The summed E-state index contributed by atoms with van der Waals surface area (Å²) < 4.78 is 12.9. The van der Waals surface area contributed by atoms with Crippen LogP contribution in [-0.2, 0) is 8.85 Å². The summed E-state index contributed by atoms with van der Waals surface area (Å²) in [7, 11) is -7.48. The molecule has 7 heteroatoms. The summed E-state index contributed by atoms with van der Waals surface area (Å²) in [6, 6.07) is 0. The average molecular weight is 367 g/mol. The van der Waals surface area contributed by atoms with E-state index in [9.17, 15) is 9.59 Å². The Labute approximate surface area is 140 Å². The van der Waals surface area contributed by atoms with Crippen molar-refractivity contribution in [2.24, 2.45) is 0 Å². The summed E-state index contributed by atoms with van der Waals surface area (Å²) in [6.07, 6.45) is 2.41. The van der Waals surface area contributed by atoms with Crippen LogP contribution in [0.2, 0.25) is 39.3 Å². The van der Waals surface area contributed by atoms with E-state index in [1.807, 2.05) is 20.0 Å². The van der Waals surface area contributed by atoms with E-state index in [2.05, 4.69) is 33.9 Å². The van der Waals surface area contributed by atoms with Crippen LogP contribution < -0.4 is 0 Å². The predicted molar refractivity (Wildman–Crippen MR) is 101 cm³/mol. The fourth-order valence-electron chi connectivity index (χ4n) is 3.13. The molecule has 0 unspecified atom stereocenters. The first kappa shape index (κ1) is 22.5. The molecule has 0 aromatic carbocycles. The molecule has 0 saturated heterocycles. The van der Waals surface area contributed by atoms with Gasteiger partial charge in [-0.15, -0.1) is 0 Å². The molecule has 4 nitrogen and oxygen atoms in total. The highest BCUT2D eigenvalue weighted by Gasteiger charge is 2.55. The summed E-state index contributed by atoms with van der Waals surface area (Å²) in [5, 5.41) is -0.920. The zero-order valence-electron chi connectivity index (χ0n) is 16.3. The number of rotatable bonds is 9. The molecule has 0 bridgehead atoms. The molecule has 134 valence electrons. The largest absolute Gasteiger partial charge is 0.429 e. The van der Waals surface area contributed by atoms with Gasteiger partial charge in [-0.25, -0.2) is 0 Å². The third-order valence-electron chi connectivity index (χ3n) is 5.13. The topological polar surface area (TPSA) is 58.9 Å². The minimum Gasteiger partial charge on any atom is -0.429 e. The molecule has 0 rings (SSSR count). The lowest BCUT2D eigenvalue weighted by Crippen LogP contribution is -2.67. The van der Waals surface area contributed by atoms with Gasteiger partial charge >= 0.3 is 8.56 Å². The lowest BCUT2D eigenvalue weighted by atomic mass is 10.2. The Morgan fingerprint density at radius 2 is 1.18 bits per heavy atom. The predicted octanol–water partition coefficient (Wildman–Crippen LogP) is 3.92. The number of hydrogen-bond acceptors (Lipinski definition) is 4. The van der Waals surface area contributed by atoms with Crippen LogP contribution in [-0.4, -0.2) is 45.2 Å².